The molecular weight excluding hydrogens is 611 g/mol. The van der Waals surface area contributed by atoms with Crippen LogP contribution in [0, 0.1) is 0 Å². The second kappa shape index (κ2) is 32.5. The standard InChI is InChI=1S/C35H69O10P/c1-3-4-5-6-7-8-9-10-11-12-13-14-15-16-17-18-19-20-21-22-23-24-25-26-27-35(39)42-30-34(45-32(2)37)31-44-46(40,41)43-29-33(38)28-36/h33-34,36,38H,3-31H2,1-2H3,(H,40,41)/t33-,34+/m0/s1. The van der Waals surface area contributed by atoms with Crippen molar-refractivity contribution in [1.82, 2.24) is 0 Å². The third kappa shape index (κ3) is 32.9. The Morgan fingerprint density at radius 3 is 1.35 bits per heavy atom. The Bertz CT molecular complexity index is 751. The number of phosphoric acid groups is 1. The van der Waals surface area contributed by atoms with E-state index in [9.17, 15) is 24.2 Å². The number of rotatable bonds is 35. The Morgan fingerprint density at radius 1 is 0.609 bits per heavy atom. The highest BCUT2D eigenvalue weighted by molar-refractivity contribution is 7.47. The molecule has 0 aliphatic rings. The van der Waals surface area contributed by atoms with E-state index in [1.54, 1.807) is 0 Å². The van der Waals surface area contributed by atoms with Crippen molar-refractivity contribution < 1.29 is 47.8 Å². The van der Waals surface area contributed by atoms with E-state index in [-0.39, 0.29) is 13.0 Å². The van der Waals surface area contributed by atoms with Gasteiger partial charge in [0, 0.05) is 13.3 Å². The molecule has 0 aliphatic heterocycles. The van der Waals surface area contributed by atoms with E-state index in [1.807, 2.05) is 0 Å². The number of esters is 2. The molecule has 0 aliphatic carbocycles. The number of aliphatic hydroxyl groups excluding tert-OH is 2. The minimum atomic E-state index is -4.56. The summed E-state index contributed by atoms with van der Waals surface area (Å²) in [6, 6.07) is 0. The van der Waals surface area contributed by atoms with Crippen molar-refractivity contribution in [1.29, 1.82) is 0 Å². The monoisotopic (exact) mass is 680 g/mol. The lowest BCUT2D eigenvalue weighted by Crippen LogP contribution is -2.29. The van der Waals surface area contributed by atoms with Gasteiger partial charge in [0.05, 0.1) is 19.8 Å². The first-order valence-corrected chi connectivity index (χ1v) is 19.9. The molecule has 0 bridgehead atoms. The fourth-order valence-corrected chi connectivity index (χ4v) is 6.08. The van der Waals surface area contributed by atoms with Gasteiger partial charge in [0.2, 0.25) is 0 Å². The van der Waals surface area contributed by atoms with Crippen LogP contribution >= 0.6 is 7.82 Å². The molecule has 0 saturated carbocycles. The molecule has 46 heavy (non-hydrogen) atoms. The van der Waals surface area contributed by atoms with Crippen molar-refractivity contribution >= 4 is 19.8 Å². The van der Waals surface area contributed by atoms with Crippen molar-refractivity contribution in [3.8, 4) is 0 Å². The number of ether oxygens (including phenoxy) is 2. The zero-order valence-corrected chi connectivity index (χ0v) is 30.2. The summed E-state index contributed by atoms with van der Waals surface area (Å²) >= 11 is 0. The zero-order valence-electron chi connectivity index (χ0n) is 29.3. The van der Waals surface area contributed by atoms with Crippen molar-refractivity contribution in [3.05, 3.63) is 0 Å². The van der Waals surface area contributed by atoms with Crippen molar-refractivity contribution in [2.24, 2.45) is 0 Å². The second-order valence-electron chi connectivity index (χ2n) is 12.7. The molecule has 3 atom stereocenters. The number of unbranched alkanes of at least 4 members (excludes halogenated alkanes) is 23. The molecule has 0 amide bonds. The number of hydrogen-bond acceptors (Lipinski definition) is 9. The van der Waals surface area contributed by atoms with Crippen LogP contribution in [0.1, 0.15) is 174 Å². The lowest BCUT2D eigenvalue weighted by molar-refractivity contribution is -0.159. The van der Waals surface area contributed by atoms with Crippen LogP contribution in [0.15, 0.2) is 0 Å². The van der Waals surface area contributed by atoms with E-state index in [1.165, 1.54) is 135 Å². The molecule has 274 valence electrons. The molecule has 0 rings (SSSR count). The quantitative estimate of drug-likeness (QED) is 0.0337. The first kappa shape index (κ1) is 45.0. The maximum absolute atomic E-state index is 12.1. The Balaban J connectivity index is 3.58. The van der Waals surface area contributed by atoms with Gasteiger partial charge in [-0.2, -0.15) is 0 Å². The Morgan fingerprint density at radius 2 is 0.978 bits per heavy atom. The van der Waals surface area contributed by atoms with Crippen LogP contribution in [0.2, 0.25) is 0 Å². The van der Waals surface area contributed by atoms with E-state index >= 15 is 0 Å². The van der Waals surface area contributed by atoms with Crippen LogP contribution in [0.3, 0.4) is 0 Å². The van der Waals surface area contributed by atoms with Crippen LogP contribution in [0.4, 0.5) is 0 Å². The minimum absolute atomic E-state index is 0.244. The smallest absolute Gasteiger partial charge is 0.462 e. The first-order chi connectivity index (χ1) is 22.2. The summed E-state index contributed by atoms with van der Waals surface area (Å²) in [5.74, 6) is -1.11. The average Bonchev–Trinajstić information content (AvgIpc) is 3.03. The molecule has 0 heterocycles. The van der Waals surface area contributed by atoms with Gasteiger partial charge < -0.3 is 24.6 Å². The Labute approximate surface area is 280 Å². The maximum Gasteiger partial charge on any atom is 0.472 e. The van der Waals surface area contributed by atoms with Crippen LogP contribution in [-0.4, -0.2) is 65.7 Å². The fourth-order valence-electron chi connectivity index (χ4n) is 5.29. The average molecular weight is 681 g/mol. The van der Waals surface area contributed by atoms with E-state index in [0.717, 1.165) is 19.8 Å². The topological polar surface area (TPSA) is 149 Å². The summed E-state index contributed by atoms with van der Waals surface area (Å²) < 4.78 is 31.3. The maximum atomic E-state index is 12.1. The second-order valence-corrected chi connectivity index (χ2v) is 14.1. The first-order valence-electron chi connectivity index (χ1n) is 18.4. The Kier molecular flexibility index (Phi) is 31.8. The molecular formula is C35H69O10P. The van der Waals surface area contributed by atoms with Gasteiger partial charge in [-0.15, -0.1) is 0 Å². The lowest BCUT2D eigenvalue weighted by atomic mass is 10.0. The molecule has 10 nitrogen and oxygen atoms in total. The molecule has 0 fully saturated rings. The number of carbonyl (C=O) groups excluding carboxylic acids is 2. The molecule has 1 unspecified atom stereocenters. The highest BCUT2D eigenvalue weighted by Gasteiger charge is 2.26. The van der Waals surface area contributed by atoms with Gasteiger partial charge in [0.15, 0.2) is 6.10 Å². The molecule has 0 aromatic rings. The molecule has 3 N–H and O–H groups in total. The molecule has 0 radical (unpaired) electrons. The summed E-state index contributed by atoms with van der Waals surface area (Å²) in [6.07, 6.45) is 29.4. The number of carbonyl (C=O) groups is 2. The summed E-state index contributed by atoms with van der Waals surface area (Å²) in [4.78, 5) is 33.0. The van der Waals surface area contributed by atoms with Gasteiger partial charge in [-0.3, -0.25) is 18.6 Å². The number of phosphoric ester groups is 1. The zero-order chi connectivity index (χ0) is 34.1. The largest absolute Gasteiger partial charge is 0.472 e. The van der Waals surface area contributed by atoms with Crippen molar-refractivity contribution in [2.45, 2.75) is 187 Å². The van der Waals surface area contributed by atoms with Crippen LogP contribution in [0.25, 0.3) is 0 Å². The fraction of sp³-hybridized carbons (Fsp3) is 0.943. The highest BCUT2D eigenvalue weighted by atomic mass is 31.2. The SMILES string of the molecule is CCCCCCCCCCCCCCCCCCCCCCCCCCC(=O)OC[C@H](COP(=O)(O)OC[C@@H](O)CO)OC(C)=O. The van der Waals surface area contributed by atoms with E-state index in [0.29, 0.717) is 6.42 Å². The minimum Gasteiger partial charge on any atom is -0.462 e. The number of aliphatic hydroxyl groups is 2. The normalized spacial score (nSPS) is 14.1. The van der Waals surface area contributed by atoms with Gasteiger partial charge in [0.1, 0.15) is 12.7 Å². The predicted octanol–water partition coefficient (Wildman–Crippen LogP) is 8.72. The van der Waals surface area contributed by atoms with Gasteiger partial charge in [-0.1, -0.05) is 155 Å². The van der Waals surface area contributed by atoms with E-state index in [4.69, 9.17) is 19.1 Å². The van der Waals surface area contributed by atoms with Crippen molar-refractivity contribution in [3.63, 3.8) is 0 Å². The summed E-state index contributed by atoms with van der Waals surface area (Å²) in [5.41, 5.74) is 0. The summed E-state index contributed by atoms with van der Waals surface area (Å²) in [7, 11) is -4.56. The van der Waals surface area contributed by atoms with Crippen LogP contribution in [0.5, 0.6) is 0 Å². The van der Waals surface area contributed by atoms with Crippen molar-refractivity contribution in [2.75, 3.05) is 26.4 Å². The van der Waals surface area contributed by atoms with Crippen LogP contribution in [-0.2, 0) is 32.7 Å². The van der Waals surface area contributed by atoms with E-state index in [2.05, 4.69) is 11.4 Å². The molecule has 0 spiro atoms. The lowest BCUT2D eigenvalue weighted by Gasteiger charge is -2.19. The van der Waals surface area contributed by atoms with Gasteiger partial charge in [0.25, 0.3) is 0 Å². The Hall–Kier alpha value is -1.03. The van der Waals surface area contributed by atoms with Gasteiger partial charge in [-0.05, 0) is 6.42 Å². The number of hydrogen-bond donors (Lipinski definition) is 3. The predicted molar refractivity (Wildman–Crippen MR) is 182 cm³/mol. The van der Waals surface area contributed by atoms with Gasteiger partial charge >= 0.3 is 19.8 Å². The van der Waals surface area contributed by atoms with Gasteiger partial charge in [-0.25, -0.2) is 4.57 Å². The molecule has 0 aromatic carbocycles. The highest BCUT2D eigenvalue weighted by Crippen LogP contribution is 2.43. The summed E-state index contributed by atoms with van der Waals surface area (Å²) in [6.45, 7) is 1.30. The molecule has 0 aromatic heterocycles. The third-order valence-corrected chi connectivity index (χ3v) is 9.01. The molecule has 0 saturated heterocycles. The summed E-state index contributed by atoms with van der Waals surface area (Å²) in [5, 5.41) is 18.0. The third-order valence-electron chi connectivity index (χ3n) is 8.06. The van der Waals surface area contributed by atoms with E-state index < -0.39 is 51.8 Å². The van der Waals surface area contributed by atoms with Crippen LogP contribution < -0.4 is 0 Å². The molecule has 11 heteroatoms.